The second-order valence-corrected chi connectivity index (χ2v) is 7.00. The van der Waals surface area contributed by atoms with E-state index >= 15 is 0 Å². The van der Waals surface area contributed by atoms with Crippen molar-refractivity contribution in [3.63, 3.8) is 0 Å². The van der Waals surface area contributed by atoms with Crippen molar-refractivity contribution in [2.75, 3.05) is 20.3 Å². The summed E-state index contributed by atoms with van der Waals surface area (Å²) < 4.78 is 12.5. The molecule has 0 fully saturated rings. The van der Waals surface area contributed by atoms with Gasteiger partial charge in [-0.05, 0) is 68.3 Å². The van der Waals surface area contributed by atoms with Crippen molar-refractivity contribution in [3.05, 3.63) is 57.1 Å². The first-order valence-electron chi connectivity index (χ1n) is 7.59. The van der Waals surface area contributed by atoms with Crippen molar-refractivity contribution >= 4 is 48.7 Å². The van der Waals surface area contributed by atoms with Crippen LogP contribution in [-0.2, 0) is 0 Å². The second-order valence-electron chi connectivity index (χ2n) is 5.29. The molecule has 0 aliphatic rings. The average Bonchev–Trinajstić information content (AvgIpc) is 3.02. The highest BCUT2D eigenvalue weighted by atomic mass is 79.9. The van der Waals surface area contributed by atoms with E-state index in [1.165, 1.54) is 0 Å². The smallest absolute Gasteiger partial charge is 0.253 e. The van der Waals surface area contributed by atoms with Crippen LogP contribution in [0.2, 0.25) is 0 Å². The maximum Gasteiger partial charge on any atom is 0.253 e. The first-order chi connectivity index (χ1) is 12.1. The number of aromatic nitrogens is 1. The molecule has 3 rings (SSSR count). The standard InChI is InChI=1S/C18H16Br2N2O3/c1-24-11-2-4-12(5-3-11)25-7-6-21-18(23)14-10-22-17-9-16(20)15(19)8-13(14)17/h2-5,8-10,22H,6-7H2,1H3,(H,21,23). The van der Waals surface area contributed by atoms with Gasteiger partial charge in [-0.2, -0.15) is 0 Å². The maximum atomic E-state index is 12.4. The highest BCUT2D eigenvalue weighted by molar-refractivity contribution is 9.13. The molecule has 3 aromatic rings. The molecule has 130 valence electrons. The van der Waals surface area contributed by atoms with E-state index in [-0.39, 0.29) is 5.91 Å². The zero-order valence-corrected chi connectivity index (χ0v) is 16.6. The van der Waals surface area contributed by atoms with E-state index in [0.717, 1.165) is 31.3 Å². The van der Waals surface area contributed by atoms with E-state index in [1.807, 2.05) is 36.4 Å². The summed E-state index contributed by atoms with van der Waals surface area (Å²) >= 11 is 6.92. The van der Waals surface area contributed by atoms with Crippen LogP contribution < -0.4 is 14.8 Å². The largest absolute Gasteiger partial charge is 0.497 e. The SMILES string of the molecule is COc1ccc(OCCNC(=O)c2c[nH]c3cc(Br)c(Br)cc23)cc1. The molecule has 1 aromatic heterocycles. The highest BCUT2D eigenvalue weighted by Gasteiger charge is 2.13. The number of rotatable bonds is 6. The third-order valence-corrected chi connectivity index (χ3v) is 5.53. The number of H-pyrrole nitrogens is 1. The van der Waals surface area contributed by atoms with Crippen molar-refractivity contribution in [1.82, 2.24) is 10.3 Å². The summed E-state index contributed by atoms with van der Waals surface area (Å²) in [7, 11) is 1.62. The number of methoxy groups -OCH3 is 1. The highest BCUT2D eigenvalue weighted by Crippen LogP contribution is 2.30. The van der Waals surface area contributed by atoms with Gasteiger partial charge < -0.3 is 19.8 Å². The lowest BCUT2D eigenvalue weighted by molar-refractivity contribution is 0.0948. The maximum absolute atomic E-state index is 12.4. The van der Waals surface area contributed by atoms with Crippen LogP contribution in [0.1, 0.15) is 10.4 Å². The van der Waals surface area contributed by atoms with Gasteiger partial charge in [0.15, 0.2) is 0 Å². The molecule has 0 aliphatic heterocycles. The minimum atomic E-state index is -0.140. The molecule has 2 N–H and O–H groups in total. The van der Waals surface area contributed by atoms with Crippen LogP contribution in [-0.4, -0.2) is 31.2 Å². The molecule has 25 heavy (non-hydrogen) atoms. The fraction of sp³-hybridized carbons (Fsp3) is 0.167. The Morgan fingerprint density at radius 3 is 2.52 bits per heavy atom. The quantitative estimate of drug-likeness (QED) is 0.524. The number of ether oxygens (including phenoxy) is 2. The first-order valence-corrected chi connectivity index (χ1v) is 9.18. The predicted molar refractivity (Wildman–Crippen MR) is 105 cm³/mol. The van der Waals surface area contributed by atoms with Crippen LogP contribution in [0.5, 0.6) is 11.5 Å². The molecule has 1 amide bonds. The summed E-state index contributed by atoms with van der Waals surface area (Å²) in [5.41, 5.74) is 1.50. The monoisotopic (exact) mass is 466 g/mol. The molecular weight excluding hydrogens is 452 g/mol. The Bertz CT molecular complexity index is 891. The lowest BCUT2D eigenvalue weighted by Gasteiger charge is -2.08. The van der Waals surface area contributed by atoms with E-state index in [1.54, 1.807) is 13.3 Å². The fourth-order valence-corrected chi connectivity index (χ4v) is 3.09. The topological polar surface area (TPSA) is 63.4 Å². The summed E-state index contributed by atoms with van der Waals surface area (Å²) in [6.45, 7) is 0.797. The molecule has 1 heterocycles. The summed E-state index contributed by atoms with van der Waals surface area (Å²) in [5.74, 6) is 1.37. The van der Waals surface area contributed by atoms with Crippen LogP contribution in [0.4, 0.5) is 0 Å². The number of amides is 1. The number of benzene rings is 2. The molecular formula is C18H16Br2N2O3. The zero-order chi connectivity index (χ0) is 17.8. The van der Waals surface area contributed by atoms with Gasteiger partial charge in [0, 0.05) is 26.0 Å². The Balaban J connectivity index is 1.56. The van der Waals surface area contributed by atoms with Crippen LogP contribution in [0.25, 0.3) is 10.9 Å². The van der Waals surface area contributed by atoms with Crippen molar-refractivity contribution in [1.29, 1.82) is 0 Å². The van der Waals surface area contributed by atoms with Gasteiger partial charge in [0.05, 0.1) is 19.2 Å². The lowest BCUT2D eigenvalue weighted by atomic mass is 10.1. The van der Waals surface area contributed by atoms with E-state index in [2.05, 4.69) is 42.2 Å². The number of fused-ring (bicyclic) bond motifs is 1. The Labute approximate surface area is 162 Å². The summed E-state index contributed by atoms with van der Waals surface area (Å²) in [6, 6.07) is 11.2. The molecule has 0 radical (unpaired) electrons. The summed E-state index contributed by atoms with van der Waals surface area (Å²) in [6.07, 6.45) is 1.71. The van der Waals surface area contributed by atoms with Gasteiger partial charge in [-0.15, -0.1) is 0 Å². The third kappa shape index (κ3) is 4.16. The van der Waals surface area contributed by atoms with E-state index in [9.17, 15) is 4.79 Å². The van der Waals surface area contributed by atoms with Gasteiger partial charge in [0.2, 0.25) is 0 Å². The molecule has 7 heteroatoms. The number of aromatic amines is 1. The Hall–Kier alpha value is -1.99. The minimum Gasteiger partial charge on any atom is -0.497 e. The second kappa shape index (κ2) is 7.93. The van der Waals surface area contributed by atoms with Crippen LogP contribution in [0, 0.1) is 0 Å². The van der Waals surface area contributed by atoms with Crippen LogP contribution in [0.3, 0.4) is 0 Å². The normalized spacial score (nSPS) is 10.7. The molecule has 0 saturated heterocycles. The van der Waals surface area contributed by atoms with Gasteiger partial charge >= 0.3 is 0 Å². The van der Waals surface area contributed by atoms with Gasteiger partial charge in [-0.1, -0.05) is 0 Å². The molecule has 0 aliphatic carbocycles. The van der Waals surface area contributed by atoms with Gasteiger partial charge in [-0.3, -0.25) is 4.79 Å². The van der Waals surface area contributed by atoms with E-state index in [4.69, 9.17) is 9.47 Å². The summed E-state index contributed by atoms with van der Waals surface area (Å²) in [4.78, 5) is 15.5. The molecule has 0 spiro atoms. The van der Waals surface area contributed by atoms with Gasteiger partial charge in [-0.25, -0.2) is 0 Å². The minimum absolute atomic E-state index is 0.140. The van der Waals surface area contributed by atoms with E-state index < -0.39 is 0 Å². The zero-order valence-electron chi connectivity index (χ0n) is 13.4. The number of carbonyl (C=O) groups is 1. The molecule has 5 nitrogen and oxygen atoms in total. The van der Waals surface area contributed by atoms with Crippen molar-refractivity contribution in [2.24, 2.45) is 0 Å². The average molecular weight is 468 g/mol. The fourth-order valence-electron chi connectivity index (χ4n) is 2.41. The number of nitrogens with one attached hydrogen (secondary N) is 2. The van der Waals surface area contributed by atoms with E-state index in [0.29, 0.717) is 18.7 Å². The Morgan fingerprint density at radius 2 is 1.80 bits per heavy atom. The third-order valence-electron chi connectivity index (χ3n) is 3.68. The number of halogens is 2. The molecule has 0 bridgehead atoms. The van der Waals surface area contributed by atoms with Crippen molar-refractivity contribution in [3.8, 4) is 11.5 Å². The van der Waals surface area contributed by atoms with Crippen LogP contribution >= 0.6 is 31.9 Å². The predicted octanol–water partition coefficient (Wildman–Crippen LogP) is 4.51. The Morgan fingerprint density at radius 1 is 1.12 bits per heavy atom. The summed E-state index contributed by atoms with van der Waals surface area (Å²) in [5, 5.41) is 3.73. The molecule has 0 atom stereocenters. The lowest BCUT2D eigenvalue weighted by Crippen LogP contribution is -2.27. The van der Waals surface area contributed by atoms with Crippen molar-refractivity contribution < 1.29 is 14.3 Å². The Kier molecular flexibility index (Phi) is 5.65. The number of hydrogen-bond acceptors (Lipinski definition) is 3. The number of hydrogen-bond donors (Lipinski definition) is 2. The first kappa shape index (κ1) is 17.8. The van der Waals surface area contributed by atoms with Crippen LogP contribution in [0.15, 0.2) is 51.5 Å². The van der Waals surface area contributed by atoms with Gasteiger partial charge in [0.25, 0.3) is 5.91 Å². The number of carbonyl (C=O) groups excluding carboxylic acids is 1. The van der Waals surface area contributed by atoms with Gasteiger partial charge in [0.1, 0.15) is 18.1 Å². The molecule has 0 saturated carbocycles. The molecule has 0 unspecified atom stereocenters. The molecule has 2 aromatic carbocycles. The van der Waals surface area contributed by atoms with Crippen molar-refractivity contribution in [2.45, 2.75) is 0 Å².